The number of carbonyl (C=O) groups is 1. The Balaban J connectivity index is 4.54. The van der Waals surface area contributed by atoms with Gasteiger partial charge in [0.1, 0.15) is 0 Å². The highest BCUT2D eigenvalue weighted by Crippen LogP contribution is 2.16. The van der Waals surface area contributed by atoms with Crippen molar-refractivity contribution in [2.75, 3.05) is 7.05 Å². The summed E-state index contributed by atoms with van der Waals surface area (Å²) in [5, 5.41) is 0. The monoisotopic (exact) mass is 169 g/mol. The van der Waals surface area contributed by atoms with Crippen LogP contribution in [0.2, 0.25) is 0 Å². The Labute approximate surface area is 75.3 Å². The lowest BCUT2D eigenvalue weighted by molar-refractivity contribution is -0.118. The summed E-state index contributed by atoms with van der Waals surface area (Å²) in [7, 11) is 1.82. The molecule has 70 valence electrons. The maximum atomic E-state index is 10.6. The van der Waals surface area contributed by atoms with Crippen LogP contribution in [-0.4, -0.2) is 24.4 Å². The van der Waals surface area contributed by atoms with Crippen molar-refractivity contribution in [3.8, 4) is 0 Å². The molecule has 0 aromatic carbocycles. The summed E-state index contributed by atoms with van der Waals surface area (Å²) in [6.45, 7) is 8.31. The van der Waals surface area contributed by atoms with Crippen molar-refractivity contribution < 1.29 is 4.79 Å². The molecule has 0 spiro atoms. The van der Waals surface area contributed by atoms with Crippen LogP contribution < -0.4 is 0 Å². The van der Waals surface area contributed by atoms with Gasteiger partial charge >= 0.3 is 0 Å². The van der Waals surface area contributed by atoms with E-state index in [1.165, 1.54) is 5.57 Å². The van der Waals surface area contributed by atoms with Crippen LogP contribution in [0.25, 0.3) is 0 Å². The highest BCUT2D eigenvalue weighted by molar-refractivity contribution is 5.48. The number of rotatable bonds is 4. The Kier molecular flexibility index (Phi) is 4.64. The van der Waals surface area contributed by atoms with Gasteiger partial charge < -0.3 is 4.90 Å². The maximum absolute atomic E-state index is 10.6. The zero-order valence-electron chi connectivity index (χ0n) is 8.66. The van der Waals surface area contributed by atoms with Crippen LogP contribution >= 0.6 is 0 Å². The molecule has 1 unspecified atom stereocenters. The third-order valence-electron chi connectivity index (χ3n) is 2.16. The van der Waals surface area contributed by atoms with Crippen molar-refractivity contribution in [3.63, 3.8) is 0 Å². The van der Waals surface area contributed by atoms with Gasteiger partial charge in [-0.1, -0.05) is 25.5 Å². The van der Waals surface area contributed by atoms with Gasteiger partial charge in [0.15, 0.2) is 0 Å². The zero-order chi connectivity index (χ0) is 9.72. The maximum Gasteiger partial charge on any atom is 0.209 e. The van der Waals surface area contributed by atoms with Gasteiger partial charge in [-0.25, -0.2) is 0 Å². The molecule has 0 rings (SSSR count). The second-order valence-corrected chi connectivity index (χ2v) is 3.49. The van der Waals surface area contributed by atoms with Crippen LogP contribution in [0.4, 0.5) is 0 Å². The number of amides is 1. The number of hydrogen-bond acceptors (Lipinski definition) is 1. The van der Waals surface area contributed by atoms with E-state index in [0.29, 0.717) is 5.92 Å². The first-order chi connectivity index (χ1) is 5.54. The lowest BCUT2D eigenvalue weighted by atomic mass is 9.96. The third kappa shape index (κ3) is 2.68. The highest BCUT2D eigenvalue weighted by Gasteiger charge is 2.18. The largest absolute Gasteiger partial charge is 0.341 e. The third-order valence-corrected chi connectivity index (χ3v) is 2.16. The van der Waals surface area contributed by atoms with Crippen LogP contribution in [0.15, 0.2) is 11.6 Å². The van der Waals surface area contributed by atoms with Crippen molar-refractivity contribution in [1.29, 1.82) is 0 Å². The molecular formula is C10H19NO. The van der Waals surface area contributed by atoms with E-state index in [1.54, 1.807) is 4.90 Å². The summed E-state index contributed by atoms with van der Waals surface area (Å²) >= 11 is 0. The van der Waals surface area contributed by atoms with Gasteiger partial charge in [-0.05, 0) is 19.8 Å². The fourth-order valence-electron chi connectivity index (χ4n) is 1.55. The number of nitrogens with zero attached hydrogens (tertiary/aromatic N) is 1. The van der Waals surface area contributed by atoms with E-state index >= 15 is 0 Å². The Morgan fingerprint density at radius 1 is 1.42 bits per heavy atom. The van der Waals surface area contributed by atoms with Crippen molar-refractivity contribution in [1.82, 2.24) is 4.90 Å². The van der Waals surface area contributed by atoms with E-state index < -0.39 is 0 Å². The van der Waals surface area contributed by atoms with Crippen LogP contribution in [0.3, 0.4) is 0 Å². The summed E-state index contributed by atoms with van der Waals surface area (Å²) in [6.07, 6.45) is 2.95. The minimum atomic E-state index is 0.243. The Hall–Kier alpha value is -0.790. The fraction of sp³-hybridized carbons (Fsp3) is 0.700. The average molecular weight is 169 g/mol. The standard InChI is InChI=1S/C10H19NO/c1-6-9(4)10(8(2)3)11(5)7-12/h6-8,10H,1-5H3/b9-6-. The van der Waals surface area contributed by atoms with Gasteiger partial charge in [0.25, 0.3) is 0 Å². The lowest BCUT2D eigenvalue weighted by Crippen LogP contribution is -2.35. The van der Waals surface area contributed by atoms with Gasteiger partial charge in [0.2, 0.25) is 6.41 Å². The minimum Gasteiger partial charge on any atom is -0.341 e. The molecule has 0 heterocycles. The number of hydrogen-bond donors (Lipinski definition) is 0. The van der Waals surface area contributed by atoms with E-state index in [9.17, 15) is 4.79 Å². The molecule has 1 amide bonds. The van der Waals surface area contributed by atoms with Crippen molar-refractivity contribution in [2.24, 2.45) is 5.92 Å². The molecule has 0 N–H and O–H groups in total. The SMILES string of the molecule is C/C=C(/C)C(C(C)C)N(C)C=O. The quantitative estimate of drug-likeness (QED) is 0.466. The molecule has 2 heteroatoms. The van der Waals surface area contributed by atoms with Crippen molar-refractivity contribution >= 4 is 6.41 Å². The summed E-state index contributed by atoms with van der Waals surface area (Å²) in [5.74, 6) is 0.469. The van der Waals surface area contributed by atoms with Gasteiger partial charge in [-0.3, -0.25) is 4.79 Å². The van der Waals surface area contributed by atoms with E-state index in [4.69, 9.17) is 0 Å². The molecule has 1 atom stereocenters. The van der Waals surface area contributed by atoms with Crippen LogP contribution in [-0.2, 0) is 4.79 Å². The molecule has 0 radical (unpaired) electrons. The first kappa shape index (κ1) is 11.2. The number of allylic oxidation sites excluding steroid dienone is 1. The minimum absolute atomic E-state index is 0.243. The van der Waals surface area contributed by atoms with Crippen molar-refractivity contribution in [2.45, 2.75) is 33.7 Å². The number of likely N-dealkylation sites (N-methyl/N-ethyl adjacent to an activating group) is 1. The van der Waals surface area contributed by atoms with Gasteiger partial charge in [0, 0.05) is 7.05 Å². The van der Waals surface area contributed by atoms with Crippen LogP contribution in [0.5, 0.6) is 0 Å². The molecule has 0 aromatic rings. The molecule has 0 saturated heterocycles. The predicted octanol–water partition coefficient (Wildman–Crippen LogP) is 2.07. The molecule has 0 aliphatic carbocycles. The van der Waals surface area contributed by atoms with E-state index in [2.05, 4.69) is 26.8 Å². The normalized spacial score (nSPS) is 14.7. The van der Waals surface area contributed by atoms with Gasteiger partial charge in [-0.15, -0.1) is 0 Å². The van der Waals surface area contributed by atoms with E-state index in [1.807, 2.05) is 14.0 Å². The molecule has 0 bridgehead atoms. The van der Waals surface area contributed by atoms with E-state index in [-0.39, 0.29) is 6.04 Å². The van der Waals surface area contributed by atoms with Crippen LogP contribution in [0, 0.1) is 5.92 Å². The zero-order valence-corrected chi connectivity index (χ0v) is 8.66. The molecule has 0 saturated carbocycles. The topological polar surface area (TPSA) is 20.3 Å². The predicted molar refractivity (Wildman–Crippen MR) is 51.9 cm³/mol. The summed E-state index contributed by atoms with van der Waals surface area (Å²) in [5.41, 5.74) is 1.25. The van der Waals surface area contributed by atoms with E-state index in [0.717, 1.165) is 6.41 Å². The second kappa shape index (κ2) is 4.96. The molecular weight excluding hydrogens is 150 g/mol. The Morgan fingerprint density at radius 3 is 2.17 bits per heavy atom. The molecule has 12 heavy (non-hydrogen) atoms. The smallest absolute Gasteiger partial charge is 0.209 e. The van der Waals surface area contributed by atoms with Crippen molar-refractivity contribution in [3.05, 3.63) is 11.6 Å². The average Bonchev–Trinajstić information content (AvgIpc) is 2.03. The molecule has 0 aliphatic heterocycles. The Morgan fingerprint density at radius 2 is 1.92 bits per heavy atom. The number of carbonyl (C=O) groups excluding carboxylic acids is 1. The highest BCUT2D eigenvalue weighted by atomic mass is 16.1. The van der Waals surface area contributed by atoms with Gasteiger partial charge in [0.05, 0.1) is 6.04 Å². The molecule has 2 nitrogen and oxygen atoms in total. The summed E-state index contributed by atoms with van der Waals surface area (Å²) < 4.78 is 0. The lowest BCUT2D eigenvalue weighted by Gasteiger charge is -2.28. The fourth-order valence-corrected chi connectivity index (χ4v) is 1.55. The van der Waals surface area contributed by atoms with Crippen LogP contribution in [0.1, 0.15) is 27.7 Å². The first-order valence-corrected chi connectivity index (χ1v) is 4.34. The molecule has 0 fully saturated rings. The van der Waals surface area contributed by atoms with Gasteiger partial charge in [-0.2, -0.15) is 0 Å². The molecule has 0 aromatic heterocycles. The Bertz CT molecular complexity index is 173. The summed E-state index contributed by atoms with van der Waals surface area (Å²) in [6, 6.07) is 0.243. The summed E-state index contributed by atoms with van der Waals surface area (Å²) in [4.78, 5) is 12.3. The molecule has 0 aliphatic rings. The second-order valence-electron chi connectivity index (χ2n) is 3.49. The first-order valence-electron chi connectivity index (χ1n) is 4.34.